The number of carbonyl (C=O) groups is 2. The SMILES string of the molecule is CSc1ccccc1NC(=O)N(CCC(=O)O)C1CC1. The fourth-order valence-electron chi connectivity index (χ4n) is 1.99. The van der Waals surface area contributed by atoms with E-state index in [2.05, 4.69) is 5.32 Å². The molecule has 0 unspecified atom stereocenters. The maximum absolute atomic E-state index is 12.3. The number of hydrogen-bond acceptors (Lipinski definition) is 3. The highest BCUT2D eigenvalue weighted by Gasteiger charge is 2.32. The number of urea groups is 1. The van der Waals surface area contributed by atoms with Crippen LogP contribution in [0.15, 0.2) is 29.2 Å². The molecule has 1 aromatic carbocycles. The molecule has 1 aliphatic carbocycles. The zero-order chi connectivity index (χ0) is 14.5. The van der Waals surface area contributed by atoms with Crippen molar-refractivity contribution in [3.05, 3.63) is 24.3 Å². The van der Waals surface area contributed by atoms with Gasteiger partial charge in [-0.15, -0.1) is 11.8 Å². The van der Waals surface area contributed by atoms with Crippen LogP contribution >= 0.6 is 11.8 Å². The van der Waals surface area contributed by atoms with Crippen molar-refractivity contribution in [2.75, 3.05) is 18.1 Å². The smallest absolute Gasteiger partial charge is 0.322 e. The molecule has 1 aromatic rings. The first kappa shape index (κ1) is 14.7. The van der Waals surface area contributed by atoms with E-state index >= 15 is 0 Å². The van der Waals surface area contributed by atoms with E-state index in [1.807, 2.05) is 30.5 Å². The highest BCUT2D eigenvalue weighted by atomic mass is 32.2. The second kappa shape index (κ2) is 6.65. The van der Waals surface area contributed by atoms with E-state index < -0.39 is 5.97 Å². The molecule has 2 N–H and O–H groups in total. The van der Waals surface area contributed by atoms with Crippen molar-refractivity contribution < 1.29 is 14.7 Å². The summed E-state index contributed by atoms with van der Waals surface area (Å²) in [5, 5.41) is 11.6. The van der Waals surface area contributed by atoms with E-state index in [4.69, 9.17) is 5.11 Å². The summed E-state index contributed by atoms with van der Waals surface area (Å²) in [6, 6.07) is 7.56. The second-order valence-corrected chi connectivity index (χ2v) is 5.55. The van der Waals surface area contributed by atoms with Crippen LogP contribution < -0.4 is 5.32 Å². The minimum Gasteiger partial charge on any atom is -0.481 e. The van der Waals surface area contributed by atoms with Gasteiger partial charge in [0.2, 0.25) is 0 Å². The third-order valence-corrected chi connectivity index (χ3v) is 3.96. The standard InChI is InChI=1S/C14H18N2O3S/c1-20-12-5-3-2-4-11(12)15-14(19)16(10-6-7-10)9-8-13(17)18/h2-5,10H,6-9H2,1H3,(H,15,19)(H,17,18). The number of carboxylic acids is 1. The minimum absolute atomic E-state index is 0.0197. The zero-order valence-electron chi connectivity index (χ0n) is 11.3. The molecule has 1 fully saturated rings. The van der Waals surface area contributed by atoms with Gasteiger partial charge in [0, 0.05) is 17.5 Å². The summed E-state index contributed by atoms with van der Waals surface area (Å²) in [5.74, 6) is -0.882. The predicted molar refractivity (Wildman–Crippen MR) is 79.2 cm³/mol. The molecule has 0 atom stereocenters. The van der Waals surface area contributed by atoms with Crippen LogP contribution in [0.1, 0.15) is 19.3 Å². The number of hydrogen-bond donors (Lipinski definition) is 2. The first-order valence-electron chi connectivity index (χ1n) is 6.54. The van der Waals surface area contributed by atoms with Gasteiger partial charge >= 0.3 is 12.0 Å². The van der Waals surface area contributed by atoms with Gasteiger partial charge in [-0.05, 0) is 31.2 Å². The number of carboxylic acid groups (broad SMARTS) is 1. The molecule has 2 amide bonds. The third-order valence-electron chi connectivity index (χ3n) is 3.16. The van der Waals surface area contributed by atoms with Gasteiger partial charge in [0.1, 0.15) is 0 Å². The van der Waals surface area contributed by atoms with Crippen LogP contribution in [0.4, 0.5) is 10.5 Å². The Morgan fingerprint density at radius 3 is 2.70 bits per heavy atom. The van der Waals surface area contributed by atoms with E-state index in [-0.39, 0.29) is 25.0 Å². The molecule has 6 heteroatoms. The molecule has 0 aliphatic heterocycles. The number of nitrogens with zero attached hydrogens (tertiary/aromatic N) is 1. The Kier molecular flexibility index (Phi) is 4.89. The van der Waals surface area contributed by atoms with Gasteiger partial charge in [-0.1, -0.05) is 12.1 Å². The number of para-hydroxylation sites is 1. The second-order valence-electron chi connectivity index (χ2n) is 4.70. The van der Waals surface area contributed by atoms with E-state index in [0.29, 0.717) is 0 Å². The normalized spacial score (nSPS) is 13.8. The molecular formula is C14H18N2O3S. The monoisotopic (exact) mass is 294 g/mol. The van der Waals surface area contributed by atoms with E-state index in [0.717, 1.165) is 23.4 Å². The molecular weight excluding hydrogens is 276 g/mol. The zero-order valence-corrected chi connectivity index (χ0v) is 12.2. The van der Waals surface area contributed by atoms with Crippen LogP contribution in [0.5, 0.6) is 0 Å². The van der Waals surface area contributed by atoms with Crippen molar-refractivity contribution in [1.29, 1.82) is 0 Å². The average molecular weight is 294 g/mol. The number of aliphatic carboxylic acids is 1. The Balaban J connectivity index is 2.02. The van der Waals surface area contributed by atoms with E-state index in [1.54, 1.807) is 16.7 Å². The fraction of sp³-hybridized carbons (Fsp3) is 0.429. The van der Waals surface area contributed by atoms with Crippen molar-refractivity contribution in [3.8, 4) is 0 Å². The third kappa shape index (κ3) is 3.90. The summed E-state index contributed by atoms with van der Waals surface area (Å²) in [7, 11) is 0. The first-order chi connectivity index (χ1) is 9.61. The van der Waals surface area contributed by atoms with Crippen molar-refractivity contribution in [2.24, 2.45) is 0 Å². The molecule has 0 aromatic heterocycles. The van der Waals surface area contributed by atoms with E-state index in [9.17, 15) is 9.59 Å². The molecule has 5 nitrogen and oxygen atoms in total. The Morgan fingerprint density at radius 1 is 1.40 bits per heavy atom. The van der Waals surface area contributed by atoms with Gasteiger partial charge in [-0.3, -0.25) is 4.79 Å². The number of rotatable bonds is 6. The van der Waals surface area contributed by atoms with Gasteiger partial charge in [0.05, 0.1) is 12.1 Å². The topological polar surface area (TPSA) is 69.6 Å². The predicted octanol–water partition coefficient (Wildman–Crippen LogP) is 2.88. The number of thioether (sulfide) groups is 1. The van der Waals surface area contributed by atoms with Gasteiger partial charge in [-0.25, -0.2) is 4.79 Å². The van der Waals surface area contributed by atoms with Crippen LogP contribution in [0.2, 0.25) is 0 Å². The molecule has 0 heterocycles. The molecule has 20 heavy (non-hydrogen) atoms. The quantitative estimate of drug-likeness (QED) is 0.792. The van der Waals surface area contributed by atoms with Gasteiger partial charge in [0.15, 0.2) is 0 Å². The molecule has 108 valence electrons. The highest BCUT2D eigenvalue weighted by molar-refractivity contribution is 7.98. The van der Waals surface area contributed by atoms with Crippen LogP contribution in [0.25, 0.3) is 0 Å². The van der Waals surface area contributed by atoms with Crippen molar-refractivity contribution >= 4 is 29.4 Å². The van der Waals surface area contributed by atoms with Crippen molar-refractivity contribution in [2.45, 2.75) is 30.2 Å². The number of carbonyl (C=O) groups excluding carboxylic acids is 1. The Labute approximate surface area is 122 Å². The lowest BCUT2D eigenvalue weighted by Gasteiger charge is -2.22. The molecule has 1 saturated carbocycles. The van der Waals surface area contributed by atoms with Gasteiger partial charge in [0.25, 0.3) is 0 Å². The molecule has 0 bridgehead atoms. The maximum atomic E-state index is 12.3. The molecule has 0 spiro atoms. The maximum Gasteiger partial charge on any atom is 0.322 e. The lowest BCUT2D eigenvalue weighted by Crippen LogP contribution is -2.38. The van der Waals surface area contributed by atoms with Crippen molar-refractivity contribution in [3.63, 3.8) is 0 Å². The fourth-order valence-corrected chi connectivity index (χ4v) is 2.54. The Hall–Kier alpha value is -1.69. The highest BCUT2D eigenvalue weighted by Crippen LogP contribution is 2.29. The van der Waals surface area contributed by atoms with Crippen molar-refractivity contribution in [1.82, 2.24) is 4.90 Å². The summed E-state index contributed by atoms with van der Waals surface area (Å²) >= 11 is 1.56. The number of amides is 2. The van der Waals surface area contributed by atoms with Crippen LogP contribution in [0.3, 0.4) is 0 Å². The van der Waals surface area contributed by atoms with Crippen LogP contribution in [-0.2, 0) is 4.79 Å². The lowest BCUT2D eigenvalue weighted by atomic mass is 10.3. The number of nitrogens with one attached hydrogen (secondary N) is 1. The van der Waals surface area contributed by atoms with E-state index in [1.165, 1.54) is 0 Å². The van der Waals surface area contributed by atoms with Gasteiger partial charge < -0.3 is 15.3 Å². The largest absolute Gasteiger partial charge is 0.481 e. The summed E-state index contributed by atoms with van der Waals surface area (Å²) in [6.07, 6.45) is 3.84. The number of benzene rings is 1. The summed E-state index contributed by atoms with van der Waals surface area (Å²) in [5.41, 5.74) is 0.769. The Morgan fingerprint density at radius 2 is 2.10 bits per heavy atom. The average Bonchev–Trinajstić information content (AvgIpc) is 3.24. The minimum atomic E-state index is -0.882. The summed E-state index contributed by atoms with van der Waals surface area (Å²) in [4.78, 5) is 25.6. The lowest BCUT2D eigenvalue weighted by molar-refractivity contribution is -0.137. The summed E-state index contributed by atoms with van der Waals surface area (Å²) in [6.45, 7) is 0.257. The van der Waals surface area contributed by atoms with Crippen LogP contribution in [0, 0.1) is 0 Å². The van der Waals surface area contributed by atoms with Crippen LogP contribution in [-0.4, -0.2) is 40.8 Å². The Bertz CT molecular complexity index is 503. The first-order valence-corrected chi connectivity index (χ1v) is 7.76. The molecule has 0 saturated heterocycles. The van der Waals surface area contributed by atoms with Gasteiger partial charge in [-0.2, -0.15) is 0 Å². The molecule has 1 aliphatic rings. The number of anilines is 1. The molecule has 2 rings (SSSR count). The summed E-state index contributed by atoms with van der Waals surface area (Å²) < 4.78 is 0. The molecule has 0 radical (unpaired) electrons.